The van der Waals surface area contributed by atoms with Gasteiger partial charge in [-0.25, -0.2) is 4.98 Å². The van der Waals surface area contributed by atoms with E-state index in [1.54, 1.807) is 19.1 Å². The van der Waals surface area contributed by atoms with E-state index >= 15 is 0 Å². The van der Waals surface area contributed by atoms with Gasteiger partial charge in [-0.3, -0.25) is 4.79 Å². The number of aryl methyl sites for hydroxylation is 1. The number of hydrogen-bond acceptors (Lipinski definition) is 4. The molecule has 1 atom stereocenters. The number of likely N-dealkylation sites (N-methyl/N-ethyl adjacent to an activating group) is 1. The average Bonchev–Trinajstić information content (AvgIpc) is 2.61. The van der Waals surface area contributed by atoms with Crippen molar-refractivity contribution in [1.82, 2.24) is 9.97 Å². The minimum atomic E-state index is -0.120. The predicted molar refractivity (Wildman–Crippen MR) is 72.7 cm³/mol. The SMILES string of the molecule is COc1nc(C)nc2cc3c(cc12)N(C)C(=O)C3C. The number of carbonyl (C=O) groups is 1. The lowest BCUT2D eigenvalue weighted by Crippen LogP contribution is -2.22. The van der Waals surface area contributed by atoms with Crippen LogP contribution < -0.4 is 9.64 Å². The summed E-state index contributed by atoms with van der Waals surface area (Å²) in [6.07, 6.45) is 0. The minimum absolute atomic E-state index is 0.106. The van der Waals surface area contributed by atoms with Crippen molar-refractivity contribution in [3.63, 3.8) is 0 Å². The molecule has 3 rings (SSSR count). The molecule has 1 aromatic heterocycles. The zero-order chi connectivity index (χ0) is 13.7. The molecule has 0 spiro atoms. The van der Waals surface area contributed by atoms with Crippen molar-refractivity contribution >= 4 is 22.5 Å². The third-order valence-corrected chi connectivity index (χ3v) is 3.64. The van der Waals surface area contributed by atoms with Crippen LogP contribution in [0.4, 0.5) is 5.69 Å². The molecule has 1 aliphatic rings. The lowest BCUT2D eigenvalue weighted by molar-refractivity contribution is -0.118. The Morgan fingerprint density at radius 1 is 1.32 bits per heavy atom. The molecule has 5 heteroatoms. The van der Waals surface area contributed by atoms with E-state index in [4.69, 9.17) is 4.74 Å². The van der Waals surface area contributed by atoms with Gasteiger partial charge in [0, 0.05) is 12.7 Å². The van der Waals surface area contributed by atoms with E-state index in [0.29, 0.717) is 11.7 Å². The summed E-state index contributed by atoms with van der Waals surface area (Å²) in [5, 5.41) is 0.834. The maximum absolute atomic E-state index is 12.0. The van der Waals surface area contributed by atoms with Gasteiger partial charge in [-0.15, -0.1) is 0 Å². The summed E-state index contributed by atoms with van der Waals surface area (Å²) < 4.78 is 5.30. The van der Waals surface area contributed by atoms with Crippen molar-refractivity contribution in [1.29, 1.82) is 0 Å². The number of nitrogens with zero attached hydrogens (tertiary/aromatic N) is 3. The van der Waals surface area contributed by atoms with E-state index in [2.05, 4.69) is 9.97 Å². The fourth-order valence-corrected chi connectivity index (χ4v) is 2.60. The van der Waals surface area contributed by atoms with Gasteiger partial charge >= 0.3 is 0 Å². The summed E-state index contributed by atoms with van der Waals surface area (Å²) in [5.74, 6) is 1.19. The molecule has 0 radical (unpaired) electrons. The fourth-order valence-electron chi connectivity index (χ4n) is 2.60. The highest BCUT2D eigenvalue weighted by Gasteiger charge is 2.32. The third-order valence-electron chi connectivity index (χ3n) is 3.64. The summed E-state index contributed by atoms with van der Waals surface area (Å²) in [6, 6.07) is 3.90. The molecule has 2 heterocycles. The van der Waals surface area contributed by atoms with Crippen LogP contribution >= 0.6 is 0 Å². The molecule has 1 aromatic carbocycles. The summed E-state index contributed by atoms with van der Waals surface area (Å²) in [5.41, 5.74) is 2.74. The molecule has 1 amide bonds. The number of benzene rings is 1. The lowest BCUT2D eigenvalue weighted by atomic mass is 10.0. The van der Waals surface area contributed by atoms with Gasteiger partial charge in [0.25, 0.3) is 0 Å². The molecular weight excluding hydrogens is 242 g/mol. The molecule has 1 unspecified atom stereocenters. The Morgan fingerprint density at radius 3 is 2.74 bits per heavy atom. The van der Waals surface area contributed by atoms with E-state index in [0.717, 1.165) is 22.2 Å². The number of ether oxygens (including phenoxy) is 1. The molecule has 1 aliphatic heterocycles. The summed E-state index contributed by atoms with van der Waals surface area (Å²) >= 11 is 0. The second kappa shape index (κ2) is 3.91. The van der Waals surface area contributed by atoms with Gasteiger partial charge in [-0.1, -0.05) is 0 Å². The molecule has 2 aromatic rings. The fraction of sp³-hybridized carbons (Fsp3) is 0.357. The van der Waals surface area contributed by atoms with Crippen LogP contribution in [0, 0.1) is 6.92 Å². The van der Waals surface area contributed by atoms with Crippen molar-refractivity contribution in [2.75, 3.05) is 19.1 Å². The lowest BCUT2D eigenvalue weighted by Gasteiger charge is -2.12. The zero-order valence-corrected chi connectivity index (χ0v) is 11.4. The van der Waals surface area contributed by atoms with Crippen LogP contribution in [0.25, 0.3) is 10.9 Å². The van der Waals surface area contributed by atoms with Crippen LogP contribution in [0.3, 0.4) is 0 Å². The van der Waals surface area contributed by atoms with Crippen molar-refractivity contribution in [3.8, 4) is 5.88 Å². The van der Waals surface area contributed by atoms with Gasteiger partial charge in [-0.2, -0.15) is 4.98 Å². The Kier molecular flexibility index (Phi) is 2.45. The summed E-state index contributed by atoms with van der Waals surface area (Å²) in [6.45, 7) is 3.75. The molecule has 0 aliphatic carbocycles. The highest BCUT2D eigenvalue weighted by Crippen LogP contribution is 2.39. The predicted octanol–water partition coefficient (Wildman–Crippen LogP) is 2.03. The molecule has 0 N–H and O–H groups in total. The number of methoxy groups -OCH3 is 1. The third kappa shape index (κ3) is 1.58. The minimum Gasteiger partial charge on any atom is -0.480 e. The maximum Gasteiger partial charge on any atom is 0.234 e. The zero-order valence-electron chi connectivity index (χ0n) is 11.4. The molecule has 19 heavy (non-hydrogen) atoms. The molecular formula is C14H15N3O2. The van der Waals surface area contributed by atoms with Gasteiger partial charge in [0.2, 0.25) is 11.8 Å². The number of fused-ring (bicyclic) bond motifs is 2. The Bertz CT molecular complexity index is 697. The first-order chi connectivity index (χ1) is 9.02. The van der Waals surface area contributed by atoms with E-state index < -0.39 is 0 Å². The van der Waals surface area contributed by atoms with Gasteiger partial charge in [-0.05, 0) is 31.5 Å². The van der Waals surface area contributed by atoms with Crippen LogP contribution in [0.1, 0.15) is 24.2 Å². The first-order valence-electron chi connectivity index (χ1n) is 6.16. The topological polar surface area (TPSA) is 55.3 Å². The van der Waals surface area contributed by atoms with Crippen LogP contribution in [0.2, 0.25) is 0 Å². The number of carbonyl (C=O) groups excluding carboxylic acids is 1. The van der Waals surface area contributed by atoms with Crippen molar-refractivity contribution in [2.24, 2.45) is 0 Å². The molecule has 98 valence electrons. The number of rotatable bonds is 1. The second-order valence-electron chi connectivity index (χ2n) is 4.83. The number of hydrogen-bond donors (Lipinski definition) is 0. The quantitative estimate of drug-likeness (QED) is 0.784. The van der Waals surface area contributed by atoms with Gasteiger partial charge in [0.05, 0.1) is 23.9 Å². The number of amides is 1. The number of aromatic nitrogens is 2. The normalized spacial score (nSPS) is 18.0. The monoisotopic (exact) mass is 257 g/mol. The van der Waals surface area contributed by atoms with Gasteiger partial charge in [0.15, 0.2) is 0 Å². The van der Waals surface area contributed by atoms with Gasteiger partial charge < -0.3 is 9.64 Å². The average molecular weight is 257 g/mol. The first-order valence-corrected chi connectivity index (χ1v) is 6.16. The highest BCUT2D eigenvalue weighted by atomic mass is 16.5. The molecule has 0 saturated carbocycles. The number of anilines is 1. The highest BCUT2D eigenvalue weighted by molar-refractivity contribution is 6.07. The van der Waals surface area contributed by atoms with Gasteiger partial charge in [0.1, 0.15) is 5.82 Å². The first kappa shape index (κ1) is 11.9. The van der Waals surface area contributed by atoms with Crippen LogP contribution in [-0.4, -0.2) is 30.0 Å². The van der Waals surface area contributed by atoms with Crippen molar-refractivity contribution in [2.45, 2.75) is 19.8 Å². The second-order valence-corrected chi connectivity index (χ2v) is 4.83. The molecule has 0 bridgehead atoms. The Morgan fingerprint density at radius 2 is 2.05 bits per heavy atom. The van der Waals surface area contributed by atoms with Crippen LogP contribution in [-0.2, 0) is 4.79 Å². The summed E-state index contributed by atoms with van der Waals surface area (Å²) in [4.78, 5) is 22.4. The van der Waals surface area contributed by atoms with E-state index in [-0.39, 0.29) is 11.8 Å². The standard InChI is InChI=1S/C14H15N3O2/c1-7-9-5-11-10(6-12(9)17(3)14(7)18)13(19-4)16-8(2)15-11/h5-7H,1-4H3. The summed E-state index contributed by atoms with van der Waals surface area (Å²) in [7, 11) is 3.38. The van der Waals surface area contributed by atoms with E-state index in [1.807, 2.05) is 26.0 Å². The largest absolute Gasteiger partial charge is 0.480 e. The van der Waals surface area contributed by atoms with E-state index in [1.165, 1.54) is 0 Å². The van der Waals surface area contributed by atoms with Crippen molar-refractivity contribution in [3.05, 3.63) is 23.5 Å². The van der Waals surface area contributed by atoms with Crippen molar-refractivity contribution < 1.29 is 9.53 Å². The smallest absolute Gasteiger partial charge is 0.234 e. The maximum atomic E-state index is 12.0. The Balaban J connectivity index is 2.35. The van der Waals surface area contributed by atoms with E-state index in [9.17, 15) is 4.79 Å². The molecule has 5 nitrogen and oxygen atoms in total. The Hall–Kier alpha value is -2.17. The Labute approximate surface area is 111 Å². The van der Waals surface area contributed by atoms with Crippen LogP contribution in [0.15, 0.2) is 12.1 Å². The molecule has 0 saturated heterocycles. The van der Waals surface area contributed by atoms with Crippen LogP contribution in [0.5, 0.6) is 5.88 Å². The molecule has 0 fully saturated rings.